The molecule has 0 unspecified atom stereocenters. The number of non-ortho nitro benzene ring substituents is 1. The van der Waals surface area contributed by atoms with E-state index < -0.39 is 4.92 Å². The number of morpholine rings is 1. The van der Waals surface area contributed by atoms with Crippen molar-refractivity contribution >= 4 is 40.3 Å². The van der Waals surface area contributed by atoms with E-state index in [0.717, 1.165) is 0 Å². The van der Waals surface area contributed by atoms with E-state index in [1.165, 1.54) is 12.1 Å². The summed E-state index contributed by atoms with van der Waals surface area (Å²) in [5.41, 5.74) is 1.51. The van der Waals surface area contributed by atoms with Crippen LogP contribution in [0.25, 0.3) is 0 Å². The van der Waals surface area contributed by atoms with E-state index in [9.17, 15) is 14.9 Å². The number of aromatic nitrogens is 2. The number of nitrogens with zero attached hydrogens (tertiary/aromatic N) is 4. The van der Waals surface area contributed by atoms with Crippen molar-refractivity contribution in [2.45, 2.75) is 13.5 Å². The number of hydrogen-bond acceptors (Lipinski definition) is 6. The molecular weight excluding hydrogens is 384 g/mol. The fourth-order valence-electron chi connectivity index (χ4n) is 2.81. The summed E-state index contributed by atoms with van der Waals surface area (Å²) in [7, 11) is 0. The topological polar surface area (TPSA) is 115 Å². The van der Waals surface area contributed by atoms with Gasteiger partial charge in [0.1, 0.15) is 5.69 Å². The maximum atomic E-state index is 12.9. The van der Waals surface area contributed by atoms with Crippen LogP contribution in [0.4, 0.5) is 17.1 Å². The van der Waals surface area contributed by atoms with Gasteiger partial charge in [-0.1, -0.05) is 0 Å². The predicted octanol–water partition coefficient (Wildman–Crippen LogP) is 2.09. The first-order valence-electron chi connectivity index (χ1n) is 8.75. The summed E-state index contributed by atoms with van der Waals surface area (Å²) in [6, 6.07) is 5.88. The molecule has 2 heterocycles. The summed E-state index contributed by atoms with van der Waals surface area (Å²) >= 11 is 5.31. The molecule has 11 heteroatoms. The zero-order valence-corrected chi connectivity index (χ0v) is 16.1. The second-order valence-corrected chi connectivity index (χ2v) is 6.42. The van der Waals surface area contributed by atoms with Gasteiger partial charge in [0.2, 0.25) is 0 Å². The number of carbonyl (C=O) groups excluding carboxylic acids is 1. The number of anilines is 2. The number of rotatable bonds is 5. The molecule has 3 rings (SSSR count). The first-order chi connectivity index (χ1) is 13.5. The van der Waals surface area contributed by atoms with Crippen molar-refractivity contribution in [2.24, 2.45) is 0 Å². The highest BCUT2D eigenvalue weighted by Gasteiger charge is 2.25. The third-order valence-corrected chi connectivity index (χ3v) is 4.43. The Morgan fingerprint density at radius 2 is 1.96 bits per heavy atom. The van der Waals surface area contributed by atoms with Gasteiger partial charge in [0.15, 0.2) is 5.11 Å². The van der Waals surface area contributed by atoms with Gasteiger partial charge in [0, 0.05) is 37.5 Å². The fourth-order valence-corrected chi connectivity index (χ4v) is 3.04. The predicted molar refractivity (Wildman–Crippen MR) is 108 cm³/mol. The van der Waals surface area contributed by atoms with Crippen molar-refractivity contribution in [2.75, 3.05) is 36.9 Å². The lowest BCUT2D eigenvalue weighted by Gasteiger charge is -2.27. The molecular formula is C17H20N6O4S. The zero-order chi connectivity index (χ0) is 20.1. The maximum Gasteiger partial charge on any atom is 0.274 e. The Kier molecular flexibility index (Phi) is 6.16. The van der Waals surface area contributed by atoms with Crippen molar-refractivity contribution < 1.29 is 14.5 Å². The van der Waals surface area contributed by atoms with E-state index in [1.807, 2.05) is 6.92 Å². The highest BCUT2D eigenvalue weighted by Crippen LogP contribution is 2.20. The SMILES string of the molecule is CCn1ncc(NC(=S)Nc2ccc([N+](=O)[O-])cc2)c1C(=O)N1CCOCC1. The van der Waals surface area contributed by atoms with Gasteiger partial charge in [-0.2, -0.15) is 5.10 Å². The van der Waals surface area contributed by atoms with Crippen LogP contribution >= 0.6 is 12.2 Å². The Labute approximate surface area is 166 Å². The van der Waals surface area contributed by atoms with E-state index in [4.69, 9.17) is 17.0 Å². The fraction of sp³-hybridized carbons (Fsp3) is 0.353. The summed E-state index contributed by atoms with van der Waals surface area (Å²) in [6.45, 7) is 4.51. The van der Waals surface area contributed by atoms with E-state index in [0.29, 0.717) is 49.9 Å². The Morgan fingerprint density at radius 1 is 1.29 bits per heavy atom. The minimum atomic E-state index is -0.469. The third-order valence-electron chi connectivity index (χ3n) is 4.22. The van der Waals surface area contributed by atoms with Crippen molar-refractivity contribution in [3.63, 3.8) is 0 Å². The first-order valence-corrected chi connectivity index (χ1v) is 9.15. The van der Waals surface area contributed by atoms with Crippen molar-refractivity contribution in [1.82, 2.24) is 14.7 Å². The molecule has 0 radical (unpaired) electrons. The standard InChI is InChI=1S/C17H20N6O4S/c1-2-22-15(16(24)21-7-9-27-10-8-21)14(11-18-22)20-17(28)19-12-3-5-13(6-4-12)23(25)26/h3-6,11H,2,7-10H2,1H3,(H2,19,20,28). The number of ether oxygens (including phenoxy) is 1. The minimum Gasteiger partial charge on any atom is -0.378 e. The van der Waals surface area contributed by atoms with Crippen LogP contribution in [0, 0.1) is 10.1 Å². The molecule has 1 aliphatic heterocycles. The van der Waals surface area contributed by atoms with E-state index in [1.54, 1.807) is 27.9 Å². The molecule has 28 heavy (non-hydrogen) atoms. The number of thiocarbonyl (C=S) groups is 1. The average molecular weight is 404 g/mol. The van der Waals surface area contributed by atoms with Crippen LogP contribution in [-0.4, -0.2) is 56.9 Å². The van der Waals surface area contributed by atoms with Crippen LogP contribution in [-0.2, 0) is 11.3 Å². The van der Waals surface area contributed by atoms with Gasteiger partial charge in [0.25, 0.3) is 11.6 Å². The molecule has 148 valence electrons. The molecule has 0 aliphatic carbocycles. The minimum absolute atomic E-state index is 0.00737. The number of hydrogen-bond donors (Lipinski definition) is 2. The molecule has 1 aliphatic rings. The highest BCUT2D eigenvalue weighted by atomic mass is 32.1. The second kappa shape index (κ2) is 8.76. The van der Waals surface area contributed by atoms with Crippen molar-refractivity contribution in [1.29, 1.82) is 0 Å². The van der Waals surface area contributed by atoms with Crippen molar-refractivity contribution in [3.05, 3.63) is 46.3 Å². The molecule has 0 spiro atoms. The molecule has 0 bridgehead atoms. The smallest absolute Gasteiger partial charge is 0.274 e. The van der Waals surface area contributed by atoms with Gasteiger partial charge in [-0.3, -0.25) is 19.6 Å². The van der Waals surface area contributed by atoms with Crippen LogP contribution in [0.3, 0.4) is 0 Å². The molecule has 1 aromatic carbocycles. The van der Waals surface area contributed by atoms with Crippen molar-refractivity contribution in [3.8, 4) is 0 Å². The van der Waals surface area contributed by atoms with Crippen LogP contribution in [0.15, 0.2) is 30.5 Å². The lowest BCUT2D eigenvalue weighted by atomic mass is 10.2. The number of aryl methyl sites for hydroxylation is 1. The number of nitrogens with one attached hydrogen (secondary N) is 2. The van der Waals surface area contributed by atoms with Gasteiger partial charge in [0.05, 0.1) is 30.0 Å². The largest absolute Gasteiger partial charge is 0.378 e. The Morgan fingerprint density at radius 3 is 2.57 bits per heavy atom. The first kappa shape index (κ1) is 19.7. The molecule has 1 aromatic heterocycles. The van der Waals surface area contributed by atoms with Gasteiger partial charge in [-0.05, 0) is 31.3 Å². The molecule has 0 atom stereocenters. The van der Waals surface area contributed by atoms with Gasteiger partial charge in [-0.15, -0.1) is 0 Å². The van der Waals surface area contributed by atoms with Gasteiger partial charge < -0.3 is 20.3 Å². The molecule has 0 saturated carbocycles. The third kappa shape index (κ3) is 4.43. The summed E-state index contributed by atoms with van der Waals surface area (Å²) in [5.74, 6) is -0.136. The Hall–Kier alpha value is -3.05. The summed E-state index contributed by atoms with van der Waals surface area (Å²) in [4.78, 5) is 24.9. The summed E-state index contributed by atoms with van der Waals surface area (Å²) in [6.07, 6.45) is 1.56. The lowest BCUT2D eigenvalue weighted by molar-refractivity contribution is -0.384. The van der Waals surface area contributed by atoms with Crippen LogP contribution in [0.1, 0.15) is 17.4 Å². The number of carbonyl (C=O) groups is 1. The highest BCUT2D eigenvalue weighted by molar-refractivity contribution is 7.80. The Balaban J connectivity index is 1.72. The number of nitro groups is 1. The van der Waals surface area contributed by atoms with E-state index in [2.05, 4.69) is 15.7 Å². The quantitative estimate of drug-likeness (QED) is 0.442. The number of benzene rings is 1. The van der Waals surface area contributed by atoms with Crippen LogP contribution < -0.4 is 10.6 Å². The molecule has 1 saturated heterocycles. The zero-order valence-electron chi connectivity index (χ0n) is 15.3. The van der Waals surface area contributed by atoms with E-state index in [-0.39, 0.29) is 16.7 Å². The maximum absolute atomic E-state index is 12.9. The van der Waals surface area contributed by atoms with Crippen LogP contribution in [0.5, 0.6) is 0 Å². The second-order valence-electron chi connectivity index (χ2n) is 6.01. The Bertz CT molecular complexity index is 876. The number of nitro benzene ring substituents is 1. The molecule has 1 fully saturated rings. The molecule has 2 N–H and O–H groups in total. The lowest BCUT2D eigenvalue weighted by Crippen LogP contribution is -2.41. The number of amides is 1. The monoisotopic (exact) mass is 404 g/mol. The van der Waals surface area contributed by atoms with E-state index >= 15 is 0 Å². The van der Waals surface area contributed by atoms with Crippen LogP contribution in [0.2, 0.25) is 0 Å². The normalized spacial score (nSPS) is 13.8. The summed E-state index contributed by atoms with van der Waals surface area (Å²) < 4.78 is 6.92. The molecule has 2 aromatic rings. The average Bonchev–Trinajstić information content (AvgIpc) is 3.10. The van der Waals surface area contributed by atoms with Gasteiger partial charge in [-0.25, -0.2) is 0 Å². The molecule has 10 nitrogen and oxygen atoms in total. The van der Waals surface area contributed by atoms with Gasteiger partial charge >= 0.3 is 0 Å². The summed E-state index contributed by atoms with van der Waals surface area (Å²) in [5, 5.41) is 21.2. The molecule has 1 amide bonds.